The number of likely N-dealkylation sites (N-methyl/N-ethyl adjacent to an activating group) is 1. The van der Waals surface area contributed by atoms with Crippen molar-refractivity contribution in [2.75, 3.05) is 20.6 Å². The number of hydrogen-bond acceptors (Lipinski definition) is 3. The molecule has 1 aromatic carbocycles. The summed E-state index contributed by atoms with van der Waals surface area (Å²) < 4.78 is 0. The van der Waals surface area contributed by atoms with Gasteiger partial charge in [-0.25, -0.2) is 0 Å². The minimum atomic E-state index is -0.0597. The first-order chi connectivity index (χ1) is 9.92. The number of benzene rings is 1. The van der Waals surface area contributed by atoms with Crippen molar-refractivity contribution in [3.05, 3.63) is 35.4 Å². The van der Waals surface area contributed by atoms with Gasteiger partial charge in [-0.3, -0.25) is 9.69 Å². The predicted molar refractivity (Wildman–Crippen MR) is 88.0 cm³/mol. The Balaban J connectivity index is 2.98. The van der Waals surface area contributed by atoms with Crippen LogP contribution in [0, 0.1) is 12.8 Å². The molecule has 1 rings (SSSR count). The SMILES string of the molecule is CCC(N)C(c1ccccc1C)N(C)CC(C)C(=O)NC. The van der Waals surface area contributed by atoms with E-state index in [9.17, 15) is 4.79 Å². The second-order valence-electron chi connectivity index (χ2n) is 5.83. The third-order valence-electron chi connectivity index (χ3n) is 4.11. The van der Waals surface area contributed by atoms with E-state index in [1.165, 1.54) is 11.1 Å². The molecule has 1 aromatic rings. The van der Waals surface area contributed by atoms with Gasteiger partial charge in [-0.05, 0) is 31.5 Å². The van der Waals surface area contributed by atoms with E-state index < -0.39 is 0 Å². The van der Waals surface area contributed by atoms with Gasteiger partial charge in [0.15, 0.2) is 0 Å². The van der Waals surface area contributed by atoms with E-state index in [0.717, 1.165) is 6.42 Å². The molecule has 0 saturated carbocycles. The molecule has 3 atom stereocenters. The fourth-order valence-corrected chi connectivity index (χ4v) is 2.81. The maximum atomic E-state index is 11.7. The number of amides is 1. The average Bonchev–Trinajstić information content (AvgIpc) is 2.48. The number of carbonyl (C=O) groups excluding carboxylic acids is 1. The molecular weight excluding hydrogens is 262 g/mol. The summed E-state index contributed by atoms with van der Waals surface area (Å²) in [7, 11) is 3.72. The summed E-state index contributed by atoms with van der Waals surface area (Å²) in [6, 6.07) is 8.52. The number of carbonyl (C=O) groups is 1. The quantitative estimate of drug-likeness (QED) is 0.809. The molecule has 3 N–H and O–H groups in total. The van der Waals surface area contributed by atoms with Crippen LogP contribution >= 0.6 is 0 Å². The summed E-state index contributed by atoms with van der Waals surface area (Å²) in [5.41, 5.74) is 8.85. The number of hydrogen-bond donors (Lipinski definition) is 2. The van der Waals surface area contributed by atoms with Crippen molar-refractivity contribution in [2.24, 2.45) is 11.7 Å². The Morgan fingerprint density at radius 1 is 1.38 bits per heavy atom. The first kappa shape index (κ1) is 17.7. The van der Waals surface area contributed by atoms with E-state index >= 15 is 0 Å². The molecule has 4 nitrogen and oxygen atoms in total. The Morgan fingerprint density at radius 3 is 2.52 bits per heavy atom. The van der Waals surface area contributed by atoms with Crippen LogP contribution in [0.3, 0.4) is 0 Å². The lowest BCUT2D eigenvalue weighted by Gasteiger charge is -2.35. The van der Waals surface area contributed by atoms with Gasteiger partial charge in [0, 0.05) is 31.6 Å². The van der Waals surface area contributed by atoms with Crippen molar-refractivity contribution in [3.63, 3.8) is 0 Å². The van der Waals surface area contributed by atoms with Crippen LogP contribution in [0.2, 0.25) is 0 Å². The number of nitrogens with zero attached hydrogens (tertiary/aromatic N) is 1. The van der Waals surface area contributed by atoms with Crippen molar-refractivity contribution >= 4 is 5.91 Å². The molecule has 0 fully saturated rings. The smallest absolute Gasteiger partial charge is 0.223 e. The molecule has 0 radical (unpaired) electrons. The molecule has 0 aliphatic rings. The summed E-state index contributed by atoms with van der Waals surface area (Å²) >= 11 is 0. The van der Waals surface area contributed by atoms with Crippen LogP contribution in [0.4, 0.5) is 0 Å². The maximum Gasteiger partial charge on any atom is 0.223 e. The van der Waals surface area contributed by atoms with Crippen LogP contribution in [0.15, 0.2) is 24.3 Å². The third-order valence-corrected chi connectivity index (χ3v) is 4.11. The lowest BCUT2D eigenvalue weighted by atomic mass is 9.92. The van der Waals surface area contributed by atoms with Gasteiger partial charge in [0.25, 0.3) is 0 Å². The van der Waals surface area contributed by atoms with Gasteiger partial charge in [0.05, 0.1) is 0 Å². The van der Waals surface area contributed by atoms with Gasteiger partial charge in [0.1, 0.15) is 0 Å². The monoisotopic (exact) mass is 291 g/mol. The Morgan fingerprint density at radius 2 is 2.00 bits per heavy atom. The van der Waals surface area contributed by atoms with Crippen LogP contribution in [0.5, 0.6) is 0 Å². The summed E-state index contributed by atoms with van der Waals surface area (Å²) in [5, 5.41) is 2.71. The molecular formula is C17H29N3O. The van der Waals surface area contributed by atoms with Crippen molar-refractivity contribution < 1.29 is 4.79 Å². The standard InChI is InChI=1S/C17H29N3O/c1-6-15(18)16(14-10-8-7-9-12(14)2)20(5)11-13(3)17(21)19-4/h7-10,13,15-16H,6,11,18H2,1-5H3,(H,19,21). The zero-order chi connectivity index (χ0) is 16.0. The topological polar surface area (TPSA) is 58.4 Å². The Bertz CT molecular complexity index is 461. The average molecular weight is 291 g/mol. The molecule has 118 valence electrons. The molecule has 1 amide bonds. The fraction of sp³-hybridized carbons (Fsp3) is 0.588. The molecule has 0 aromatic heterocycles. The van der Waals surface area contributed by atoms with Gasteiger partial charge in [0.2, 0.25) is 5.91 Å². The molecule has 21 heavy (non-hydrogen) atoms. The highest BCUT2D eigenvalue weighted by Crippen LogP contribution is 2.27. The minimum absolute atomic E-state index is 0.0491. The third kappa shape index (κ3) is 4.55. The Labute approximate surface area is 128 Å². The van der Waals surface area contributed by atoms with Crippen LogP contribution in [0.1, 0.15) is 37.4 Å². The van der Waals surface area contributed by atoms with Crippen molar-refractivity contribution in [1.82, 2.24) is 10.2 Å². The number of nitrogens with one attached hydrogen (secondary N) is 1. The highest BCUT2D eigenvalue weighted by Gasteiger charge is 2.26. The van der Waals surface area contributed by atoms with E-state index in [4.69, 9.17) is 5.73 Å². The van der Waals surface area contributed by atoms with E-state index in [2.05, 4.69) is 36.2 Å². The summed E-state index contributed by atoms with van der Waals surface area (Å²) in [6.07, 6.45) is 0.900. The predicted octanol–water partition coefficient (Wildman–Crippen LogP) is 2.09. The largest absolute Gasteiger partial charge is 0.359 e. The maximum absolute atomic E-state index is 11.7. The number of aryl methyl sites for hydroxylation is 1. The van der Waals surface area contributed by atoms with Crippen LogP contribution < -0.4 is 11.1 Å². The van der Waals surface area contributed by atoms with Gasteiger partial charge < -0.3 is 11.1 Å². The molecule has 3 unspecified atom stereocenters. The number of rotatable bonds is 7. The molecule has 4 heteroatoms. The van der Waals surface area contributed by atoms with Crippen LogP contribution in [-0.4, -0.2) is 37.5 Å². The highest BCUT2D eigenvalue weighted by molar-refractivity contribution is 5.78. The van der Waals surface area contributed by atoms with Gasteiger partial charge >= 0.3 is 0 Å². The fourth-order valence-electron chi connectivity index (χ4n) is 2.81. The van der Waals surface area contributed by atoms with Crippen molar-refractivity contribution in [3.8, 4) is 0 Å². The highest BCUT2D eigenvalue weighted by atomic mass is 16.1. The van der Waals surface area contributed by atoms with Crippen LogP contribution in [-0.2, 0) is 4.79 Å². The van der Waals surface area contributed by atoms with E-state index in [1.807, 2.05) is 26.1 Å². The minimum Gasteiger partial charge on any atom is -0.359 e. The van der Waals surface area contributed by atoms with E-state index in [-0.39, 0.29) is 23.9 Å². The lowest BCUT2D eigenvalue weighted by molar-refractivity contribution is -0.124. The van der Waals surface area contributed by atoms with Gasteiger partial charge in [-0.1, -0.05) is 38.1 Å². The van der Waals surface area contributed by atoms with Crippen molar-refractivity contribution in [1.29, 1.82) is 0 Å². The van der Waals surface area contributed by atoms with E-state index in [0.29, 0.717) is 6.54 Å². The van der Waals surface area contributed by atoms with E-state index in [1.54, 1.807) is 7.05 Å². The zero-order valence-electron chi connectivity index (χ0n) is 13.9. The molecule has 0 spiro atoms. The Hall–Kier alpha value is -1.39. The van der Waals surface area contributed by atoms with Crippen molar-refractivity contribution in [2.45, 2.75) is 39.3 Å². The molecule has 0 aliphatic carbocycles. The first-order valence-electron chi connectivity index (χ1n) is 7.65. The molecule has 0 aliphatic heterocycles. The molecule has 0 heterocycles. The second kappa shape index (κ2) is 8.15. The second-order valence-corrected chi connectivity index (χ2v) is 5.83. The Kier molecular flexibility index (Phi) is 6.85. The lowest BCUT2D eigenvalue weighted by Crippen LogP contribution is -2.43. The molecule has 0 saturated heterocycles. The van der Waals surface area contributed by atoms with Gasteiger partial charge in [-0.2, -0.15) is 0 Å². The van der Waals surface area contributed by atoms with Crippen LogP contribution in [0.25, 0.3) is 0 Å². The summed E-state index contributed by atoms with van der Waals surface area (Å²) in [5.74, 6) is 0.00558. The summed E-state index contributed by atoms with van der Waals surface area (Å²) in [4.78, 5) is 13.9. The number of nitrogens with two attached hydrogens (primary N) is 1. The first-order valence-corrected chi connectivity index (χ1v) is 7.65. The normalized spacial score (nSPS) is 15.6. The molecule has 0 bridgehead atoms. The zero-order valence-corrected chi connectivity index (χ0v) is 13.9. The van der Waals surface area contributed by atoms with Gasteiger partial charge in [-0.15, -0.1) is 0 Å². The summed E-state index contributed by atoms with van der Waals surface area (Å²) in [6.45, 7) is 6.85.